The number of hydrogen-bond acceptors (Lipinski definition) is 5. The van der Waals surface area contributed by atoms with Gasteiger partial charge in [0.25, 0.3) is 5.56 Å². The molecule has 3 heterocycles. The average molecular weight is 443 g/mol. The lowest BCUT2D eigenvalue weighted by Gasteiger charge is -2.36. The van der Waals surface area contributed by atoms with Crippen molar-refractivity contribution in [2.45, 2.75) is 46.2 Å². The molecular formula is C26H30N6O. The van der Waals surface area contributed by atoms with Gasteiger partial charge in [-0.15, -0.1) is 5.10 Å². The van der Waals surface area contributed by atoms with Crippen LogP contribution in [-0.2, 0) is 6.54 Å². The Balaban J connectivity index is 1.64. The monoisotopic (exact) mass is 442 g/mol. The highest BCUT2D eigenvalue weighted by molar-refractivity contribution is 5.83. The van der Waals surface area contributed by atoms with E-state index in [0.29, 0.717) is 23.9 Å². The Morgan fingerprint density at radius 2 is 1.97 bits per heavy atom. The molecule has 0 aliphatic carbocycles. The van der Waals surface area contributed by atoms with E-state index in [1.165, 1.54) is 12.0 Å². The number of nitrogens with one attached hydrogen (secondary N) is 1. The molecule has 0 radical (unpaired) electrons. The van der Waals surface area contributed by atoms with Crippen LogP contribution in [0.3, 0.4) is 0 Å². The number of fused-ring (bicyclic) bond motifs is 1. The molecule has 1 saturated heterocycles. The molecule has 5 rings (SSSR count). The fraction of sp³-hybridized carbons (Fsp3) is 0.385. The number of aromatic amines is 1. The maximum atomic E-state index is 13.5. The molecule has 0 bridgehead atoms. The first-order chi connectivity index (χ1) is 16.0. The number of hydrogen-bond donors (Lipinski definition) is 1. The molecule has 33 heavy (non-hydrogen) atoms. The molecule has 1 aliphatic rings. The van der Waals surface area contributed by atoms with Crippen molar-refractivity contribution in [1.82, 2.24) is 30.1 Å². The number of likely N-dealkylation sites (tertiary alicyclic amines) is 1. The molecule has 4 aromatic rings. The van der Waals surface area contributed by atoms with Crippen LogP contribution >= 0.6 is 0 Å². The third-order valence-corrected chi connectivity index (χ3v) is 6.91. The fourth-order valence-electron chi connectivity index (χ4n) is 4.98. The predicted octanol–water partition coefficient (Wildman–Crippen LogP) is 4.00. The number of tetrazole rings is 1. The van der Waals surface area contributed by atoms with E-state index in [2.05, 4.69) is 70.4 Å². The maximum Gasteiger partial charge on any atom is 0.253 e. The van der Waals surface area contributed by atoms with Gasteiger partial charge in [0.2, 0.25) is 0 Å². The molecule has 2 aromatic heterocycles. The lowest BCUT2D eigenvalue weighted by Crippen LogP contribution is -2.41. The first kappa shape index (κ1) is 21.5. The predicted molar refractivity (Wildman–Crippen MR) is 129 cm³/mol. The highest BCUT2D eigenvalue weighted by Crippen LogP contribution is 2.31. The second-order valence-corrected chi connectivity index (χ2v) is 9.35. The molecule has 0 saturated carbocycles. The highest BCUT2D eigenvalue weighted by atomic mass is 16.1. The molecule has 2 aromatic carbocycles. The summed E-state index contributed by atoms with van der Waals surface area (Å²) in [5.74, 6) is 1.27. The summed E-state index contributed by atoms with van der Waals surface area (Å²) >= 11 is 0. The van der Waals surface area contributed by atoms with E-state index in [0.717, 1.165) is 41.5 Å². The number of rotatable bonds is 5. The van der Waals surface area contributed by atoms with E-state index >= 15 is 0 Å². The Hall–Kier alpha value is -3.32. The highest BCUT2D eigenvalue weighted by Gasteiger charge is 2.32. The molecule has 2 atom stereocenters. The second kappa shape index (κ2) is 8.90. The van der Waals surface area contributed by atoms with E-state index in [1.807, 2.05) is 28.9 Å². The van der Waals surface area contributed by atoms with E-state index in [-0.39, 0.29) is 11.6 Å². The number of pyridine rings is 1. The minimum Gasteiger partial charge on any atom is -0.321 e. The topological polar surface area (TPSA) is 79.7 Å². The van der Waals surface area contributed by atoms with Gasteiger partial charge in [0.1, 0.15) is 6.04 Å². The van der Waals surface area contributed by atoms with Crippen LogP contribution in [0.4, 0.5) is 0 Å². The van der Waals surface area contributed by atoms with E-state index < -0.39 is 0 Å². The van der Waals surface area contributed by atoms with Gasteiger partial charge in [-0.1, -0.05) is 49.4 Å². The molecule has 1 fully saturated rings. The van der Waals surface area contributed by atoms with Gasteiger partial charge in [0.05, 0.1) is 12.1 Å². The van der Waals surface area contributed by atoms with Crippen molar-refractivity contribution in [2.24, 2.45) is 5.92 Å². The van der Waals surface area contributed by atoms with Crippen LogP contribution in [0.15, 0.2) is 53.3 Å². The summed E-state index contributed by atoms with van der Waals surface area (Å²) in [6.07, 6.45) is 2.30. The van der Waals surface area contributed by atoms with Crippen LogP contribution in [-0.4, -0.2) is 43.2 Å². The smallest absolute Gasteiger partial charge is 0.253 e. The first-order valence-corrected chi connectivity index (χ1v) is 11.7. The number of aryl methyl sites for hydroxylation is 2. The van der Waals surface area contributed by atoms with Crippen LogP contribution in [0.5, 0.6) is 0 Å². The number of H-pyrrole nitrogens is 1. The summed E-state index contributed by atoms with van der Waals surface area (Å²) in [6.45, 7) is 8.78. The Morgan fingerprint density at radius 3 is 2.76 bits per heavy atom. The van der Waals surface area contributed by atoms with Gasteiger partial charge in [-0.2, -0.15) is 0 Å². The van der Waals surface area contributed by atoms with Gasteiger partial charge in [-0.25, -0.2) is 4.68 Å². The van der Waals surface area contributed by atoms with Crippen molar-refractivity contribution < 1.29 is 0 Å². The van der Waals surface area contributed by atoms with Crippen molar-refractivity contribution in [1.29, 1.82) is 0 Å². The minimum absolute atomic E-state index is 0.0753. The maximum absolute atomic E-state index is 13.5. The lowest BCUT2D eigenvalue weighted by molar-refractivity contribution is 0.141. The third-order valence-electron chi connectivity index (χ3n) is 6.91. The fourth-order valence-corrected chi connectivity index (χ4v) is 4.98. The lowest BCUT2D eigenvalue weighted by atomic mass is 9.95. The summed E-state index contributed by atoms with van der Waals surface area (Å²) < 4.78 is 1.84. The van der Waals surface area contributed by atoms with Crippen LogP contribution in [0.25, 0.3) is 10.9 Å². The molecule has 1 N–H and O–H groups in total. The normalized spacial score (nSPS) is 18.0. The Labute approximate surface area is 193 Å². The molecule has 0 unspecified atom stereocenters. The summed E-state index contributed by atoms with van der Waals surface area (Å²) in [6, 6.07) is 16.1. The Morgan fingerprint density at radius 1 is 1.15 bits per heavy atom. The zero-order valence-corrected chi connectivity index (χ0v) is 19.5. The zero-order chi connectivity index (χ0) is 22.9. The molecule has 1 aliphatic heterocycles. The third kappa shape index (κ3) is 4.20. The van der Waals surface area contributed by atoms with Crippen molar-refractivity contribution in [3.05, 3.63) is 87.0 Å². The van der Waals surface area contributed by atoms with Gasteiger partial charge in [0.15, 0.2) is 5.82 Å². The van der Waals surface area contributed by atoms with Gasteiger partial charge < -0.3 is 4.98 Å². The van der Waals surface area contributed by atoms with E-state index in [9.17, 15) is 4.79 Å². The van der Waals surface area contributed by atoms with Crippen LogP contribution in [0, 0.1) is 19.8 Å². The van der Waals surface area contributed by atoms with Crippen molar-refractivity contribution in [2.75, 3.05) is 13.1 Å². The summed E-state index contributed by atoms with van der Waals surface area (Å²) in [4.78, 5) is 19.0. The summed E-state index contributed by atoms with van der Waals surface area (Å²) in [7, 11) is 0. The van der Waals surface area contributed by atoms with Gasteiger partial charge in [-0.05, 0) is 77.7 Å². The van der Waals surface area contributed by atoms with E-state index in [4.69, 9.17) is 0 Å². The number of aromatic nitrogens is 5. The zero-order valence-electron chi connectivity index (χ0n) is 19.5. The van der Waals surface area contributed by atoms with Crippen LogP contribution in [0.1, 0.15) is 53.9 Å². The van der Waals surface area contributed by atoms with Crippen LogP contribution < -0.4 is 5.56 Å². The quantitative estimate of drug-likeness (QED) is 0.505. The minimum atomic E-state index is -0.304. The summed E-state index contributed by atoms with van der Waals surface area (Å²) in [5.41, 5.74) is 4.92. The Bertz CT molecular complexity index is 1330. The van der Waals surface area contributed by atoms with Crippen molar-refractivity contribution in [3.8, 4) is 0 Å². The molecule has 0 spiro atoms. The standard InChI is InChI=1S/C26H30N6O/c1-17-8-7-13-31(15-17)24(25-28-29-30-32(25)16-20-9-5-4-6-10-20)22-14-21-12-11-18(2)19(3)23(21)27-26(22)33/h4-6,9-12,14,17,24H,7-8,13,15-16H2,1-3H3,(H,27,33)/t17-,24+/m1/s1. The first-order valence-electron chi connectivity index (χ1n) is 11.7. The number of benzene rings is 2. The van der Waals surface area contributed by atoms with Crippen LogP contribution in [0.2, 0.25) is 0 Å². The molecule has 7 heteroatoms. The van der Waals surface area contributed by atoms with Gasteiger partial charge in [-0.3, -0.25) is 9.69 Å². The SMILES string of the molecule is Cc1ccc2cc([C@@H](c3nnnn3Cc3ccccc3)N3CCC[C@@H](C)C3)c(=O)[nH]c2c1C. The second-order valence-electron chi connectivity index (χ2n) is 9.35. The average Bonchev–Trinajstić information content (AvgIpc) is 3.26. The van der Waals surface area contributed by atoms with Gasteiger partial charge >= 0.3 is 0 Å². The number of piperidine rings is 1. The molecule has 170 valence electrons. The molecular weight excluding hydrogens is 412 g/mol. The Kier molecular flexibility index (Phi) is 5.81. The number of nitrogens with zero attached hydrogens (tertiary/aromatic N) is 5. The largest absolute Gasteiger partial charge is 0.321 e. The van der Waals surface area contributed by atoms with E-state index in [1.54, 1.807) is 0 Å². The van der Waals surface area contributed by atoms with Crippen molar-refractivity contribution in [3.63, 3.8) is 0 Å². The molecule has 7 nitrogen and oxygen atoms in total. The van der Waals surface area contributed by atoms with Gasteiger partial charge in [0, 0.05) is 12.1 Å². The molecule has 0 amide bonds. The summed E-state index contributed by atoms with van der Waals surface area (Å²) in [5, 5.41) is 13.8. The van der Waals surface area contributed by atoms with Crippen molar-refractivity contribution >= 4 is 10.9 Å².